The van der Waals surface area contributed by atoms with Crippen LogP contribution in [0.25, 0.3) is 10.2 Å². The molecule has 1 amide bonds. The van der Waals surface area contributed by atoms with E-state index in [2.05, 4.69) is 9.88 Å². The summed E-state index contributed by atoms with van der Waals surface area (Å²) in [4.78, 5) is 39.8. The number of aromatic amines is 1. The normalized spacial score (nSPS) is 16.7. The zero-order chi connectivity index (χ0) is 22.8. The average Bonchev–Trinajstić information content (AvgIpc) is 3.22. The van der Waals surface area contributed by atoms with Crippen LogP contribution in [0.4, 0.5) is 0 Å². The van der Waals surface area contributed by atoms with E-state index in [-0.39, 0.29) is 11.5 Å². The number of nitrogens with zero attached hydrogens (tertiary/aromatic N) is 3. The molecule has 1 fully saturated rings. The van der Waals surface area contributed by atoms with Crippen LogP contribution < -0.4 is 10.3 Å². The topological polar surface area (TPSA) is 78.5 Å². The first-order valence-corrected chi connectivity index (χ1v) is 12.6. The molecule has 174 valence electrons. The Morgan fingerprint density at radius 2 is 1.94 bits per heavy atom. The number of rotatable bonds is 6. The lowest BCUT2D eigenvalue weighted by molar-refractivity contribution is -0.133. The largest absolute Gasteiger partial charge is 0.496 e. The number of carbonyl (C=O) groups excluding carboxylic acids is 1. The van der Waals surface area contributed by atoms with Crippen LogP contribution >= 0.6 is 11.3 Å². The lowest BCUT2D eigenvalue weighted by Gasteiger charge is -2.34. The fourth-order valence-electron chi connectivity index (χ4n) is 4.96. The molecule has 3 heterocycles. The summed E-state index contributed by atoms with van der Waals surface area (Å²) in [5.41, 5.74) is 2.29. The van der Waals surface area contributed by atoms with Crippen molar-refractivity contribution in [1.82, 2.24) is 19.8 Å². The second-order valence-corrected chi connectivity index (χ2v) is 9.96. The molecule has 7 nitrogen and oxygen atoms in total. The van der Waals surface area contributed by atoms with Crippen LogP contribution in [0.5, 0.6) is 5.75 Å². The molecule has 1 aliphatic heterocycles. The fourth-order valence-corrected chi connectivity index (χ4v) is 6.24. The lowest BCUT2D eigenvalue weighted by Crippen LogP contribution is -2.48. The molecular weight excluding hydrogens is 436 g/mol. The van der Waals surface area contributed by atoms with Gasteiger partial charge in [-0.2, -0.15) is 0 Å². The lowest BCUT2D eigenvalue weighted by atomic mass is 9.97. The summed E-state index contributed by atoms with van der Waals surface area (Å²) < 4.78 is 5.39. The molecule has 0 unspecified atom stereocenters. The van der Waals surface area contributed by atoms with Crippen molar-refractivity contribution in [3.05, 3.63) is 56.4 Å². The molecule has 1 saturated heterocycles. The highest BCUT2D eigenvalue weighted by Crippen LogP contribution is 2.33. The predicted octanol–water partition coefficient (Wildman–Crippen LogP) is 3.15. The van der Waals surface area contributed by atoms with Crippen LogP contribution in [-0.2, 0) is 30.6 Å². The molecule has 2 aromatic heterocycles. The zero-order valence-corrected chi connectivity index (χ0v) is 19.9. The highest BCUT2D eigenvalue weighted by atomic mass is 32.1. The van der Waals surface area contributed by atoms with E-state index >= 15 is 0 Å². The van der Waals surface area contributed by atoms with Crippen LogP contribution in [0.1, 0.15) is 41.1 Å². The number of fused-ring (bicyclic) bond motifs is 3. The molecule has 1 N–H and O–H groups in total. The van der Waals surface area contributed by atoms with E-state index in [9.17, 15) is 9.59 Å². The Morgan fingerprint density at radius 1 is 1.15 bits per heavy atom. The van der Waals surface area contributed by atoms with E-state index in [1.165, 1.54) is 16.9 Å². The number of aromatic nitrogens is 2. The van der Waals surface area contributed by atoms with Gasteiger partial charge >= 0.3 is 0 Å². The monoisotopic (exact) mass is 466 g/mol. The SMILES string of the molecule is COc1ccccc1CCC(=O)N1CCN(Cc2nc3sc4c(c3c(=O)[nH]2)CCCC4)CC1. The summed E-state index contributed by atoms with van der Waals surface area (Å²) in [6.07, 6.45) is 5.58. The number of benzene rings is 1. The quantitative estimate of drug-likeness (QED) is 0.604. The minimum Gasteiger partial charge on any atom is -0.496 e. The Kier molecular flexibility index (Phi) is 6.46. The molecule has 1 aromatic carbocycles. The summed E-state index contributed by atoms with van der Waals surface area (Å²) in [6, 6.07) is 7.86. The van der Waals surface area contributed by atoms with Gasteiger partial charge in [0.1, 0.15) is 16.4 Å². The third-order valence-corrected chi connectivity index (χ3v) is 7.96. The molecular formula is C25H30N4O3S. The van der Waals surface area contributed by atoms with Gasteiger partial charge in [-0.05, 0) is 49.3 Å². The van der Waals surface area contributed by atoms with Gasteiger partial charge in [0, 0.05) is 37.5 Å². The number of para-hydroxylation sites is 1. The molecule has 5 rings (SSSR count). The number of aryl methyl sites for hydroxylation is 3. The number of thiophene rings is 1. The van der Waals surface area contributed by atoms with Crippen LogP contribution in [0.2, 0.25) is 0 Å². The van der Waals surface area contributed by atoms with E-state index in [1.807, 2.05) is 29.2 Å². The molecule has 0 radical (unpaired) electrons. The summed E-state index contributed by atoms with van der Waals surface area (Å²) >= 11 is 1.69. The Hall–Kier alpha value is -2.71. The van der Waals surface area contributed by atoms with Crippen molar-refractivity contribution >= 4 is 27.5 Å². The van der Waals surface area contributed by atoms with Crippen LogP contribution in [-0.4, -0.2) is 59.0 Å². The van der Waals surface area contributed by atoms with Gasteiger partial charge in [-0.25, -0.2) is 4.98 Å². The second kappa shape index (κ2) is 9.65. The van der Waals surface area contributed by atoms with E-state index in [0.717, 1.165) is 59.7 Å². The number of nitrogens with one attached hydrogen (secondary N) is 1. The Morgan fingerprint density at radius 3 is 2.76 bits per heavy atom. The molecule has 3 aromatic rings. The summed E-state index contributed by atoms with van der Waals surface area (Å²) in [6.45, 7) is 3.57. The van der Waals surface area contributed by atoms with E-state index in [4.69, 9.17) is 9.72 Å². The van der Waals surface area contributed by atoms with E-state index in [1.54, 1.807) is 18.4 Å². The van der Waals surface area contributed by atoms with Crippen molar-refractivity contribution in [1.29, 1.82) is 0 Å². The van der Waals surface area contributed by atoms with Crippen molar-refractivity contribution < 1.29 is 9.53 Å². The summed E-state index contributed by atoms with van der Waals surface area (Å²) in [7, 11) is 1.66. The molecule has 0 saturated carbocycles. The molecule has 2 aliphatic rings. The fraction of sp³-hybridized carbons (Fsp3) is 0.480. The van der Waals surface area contributed by atoms with Crippen molar-refractivity contribution in [2.45, 2.75) is 45.1 Å². The summed E-state index contributed by atoms with van der Waals surface area (Å²) in [5, 5.41) is 0.809. The minimum atomic E-state index is -0.000413. The second-order valence-electron chi connectivity index (χ2n) is 8.87. The number of H-pyrrole nitrogens is 1. The smallest absolute Gasteiger partial charge is 0.259 e. The molecule has 1 aliphatic carbocycles. The van der Waals surface area contributed by atoms with Crippen LogP contribution in [0.15, 0.2) is 29.1 Å². The van der Waals surface area contributed by atoms with Gasteiger partial charge in [0.15, 0.2) is 0 Å². The highest BCUT2D eigenvalue weighted by molar-refractivity contribution is 7.18. The first-order chi connectivity index (χ1) is 16.1. The van der Waals surface area contributed by atoms with Gasteiger partial charge in [0.05, 0.1) is 19.0 Å². The first-order valence-electron chi connectivity index (χ1n) is 11.8. The van der Waals surface area contributed by atoms with Crippen molar-refractivity contribution in [3.8, 4) is 5.75 Å². The van der Waals surface area contributed by atoms with Gasteiger partial charge in [-0.15, -0.1) is 11.3 Å². The first kappa shape index (κ1) is 22.1. The van der Waals surface area contributed by atoms with Gasteiger partial charge in [-0.3, -0.25) is 14.5 Å². The van der Waals surface area contributed by atoms with Crippen LogP contribution in [0, 0.1) is 0 Å². The number of carbonyl (C=O) groups is 1. The van der Waals surface area contributed by atoms with Gasteiger partial charge in [0.25, 0.3) is 5.56 Å². The van der Waals surface area contributed by atoms with Crippen molar-refractivity contribution in [2.75, 3.05) is 33.3 Å². The maximum Gasteiger partial charge on any atom is 0.259 e. The third-order valence-electron chi connectivity index (χ3n) is 6.77. The van der Waals surface area contributed by atoms with Crippen molar-refractivity contribution in [3.63, 3.8) is 0 Å². The number of amides is 1. The highest BCUT2D eigenvalue weighted by Gasteiger charge is 2.23. The van der Waals surface area contributed by atoms with E-state index in [0.29, 0.717) is 32.5 Å². The average molecular weight is 467 g/mol. The minimum absolute atomic E-state index is 0.000413. The Balaban J connectivity index is 1.17. The zero-order valence-electron chi connectivity index (χ0n) is 19.1. The van der Waals surface area contributed by atoms with Gasteiger partial charge in [0.2, 0.25) is 5.91 Å². The Bertz CT molecular complexity index is 1210. The predicted molar refractivity (Wildman–Crippen MR) is 130 cm³/mol. The standard InChI is InChI=1S/C25H30N4O3S/c1-32-19-8-4-2-6-17(19)10-11-22(30)29-14-12-28(13-15-29)16-21-26-24(31)23-18-7-3-5-9-20(18)33-25(23)27-21/h2,4,6,8H,3,5,7,9-16H2,1H3,(H,26,27,31). The maximum absolute atomic E-state index is 12.8. The van der Waals surface area contributed by atoms with Gasteiger partial charge in [-0.1, -0.05) is 18.2 Å². The molecule has 0 spiro atoms. The van der Waals surface area contributed by atoms with Crippen molar-refractivity contribution in [2.24, 2.45) is 0 Å². The molecule has 0 bridgehead atoms. The number of hydrogen-bond acceptors (Lipinski definition) is 6. The maximum atomic E-state index is 12.8. The third kappa shape index (κ3) is 4.68. The summed E-state index contributed by atoms with van der Waals surface area (Å²) in [5.74, 6) is 1.74. The van der Waals surface area contributed by atoms with Crippen LogP contribution in [0.3, 0.4) is 0 Å². The number of methoxy groups -OCH3 is 1. The number of piperazine rings is 1. The number of ether oxygens (including phenoxy) is 1. The molecule has 33 heavy (non-hydrogen) atoms. The molecule has 8 heteroatoms. The van der Waals surface area contributed by atoms with Gasteiger partial charge < -0.3 is 14.6 Å². The van der Waals surface area contributed by atoms with E-state index < -0.39 is 0 Å². The molecule has 0 atom stereocenters. The Labute approximate surface area is 197 Å². The number of hydrogen-bond donors (Lipinski definition) is 1.